The van der Waals surface area contributed by atoms with Gasteiger partial charge in [0, 0.05) is 36.3 Å². The molecule has 0 bridgehead atoms. The maximum Gasteiger partial charge on any atom is 0.257 e. The highest BCUT2D eigenvalue weighted by atomic mass is 79.9. The number of fused-ring (bicyclic) bond motifs is 1. The maximum absolute atomic E-state index is 12.5. The molecule has 98 valence electrons. The molecule has 3 heterocycles. The maximum atomic E-state index is 12.5. The predicted octanol–water partition coefficient (Wildman–Crippen LogP) is 2.39. The number of hydrogen-bond donors (Lipinski definition) is 0. The lowest BCUT2D eigenvalue weighted by Crippen LogP contribution is -2.54. The van der Waals surface area contributed by atoms with Gasteiger partial charge in [-0.15, -0.1) is 0 Å². The second-order valence-electron chi connectivity index (χ2n) is 4.48. The number of carbonyl (C=O) groups excluding carboxylic acids is 1. The Balaban J connectivity index is 1.79. The number of rotatable bonds is 1. The molecule has 0 radical (unpaired) electrons. The normalized spacial score (nSPS) is 27.9. The quantitative estimate of drug-likeness (QED) is 0.792. The van der Waals surface area contributed by atoms with E-state index in [1.165, 1.54) is 6.26 Å². The number of furan rings is 1. The fraction of sp³-hybridized carbons (Fsp3) is 0.583. The average Bonchev–Trinajstić information content (AvgIpc) is 2.84. The molecule has 2 aliphatic rings. The zero-order valence-corrected chi connectivity index (χ0v) is 12.2. The van der Waals surface area contributed by atoms with Crippen LogP contribution in [0.5, 0.6) is 0 Å². The summed E-state index contributed by atoms with van der Waals surface area (Å²) in [5.41, 5.74) is 0.624. The molecule has 0 aromatic carbocycles. The standard InChI is InChI=1S/C12H14BrNO3S/c13-11-5-8(6-17-11)12(15)14-2-4-18-10-7-16-3-1-9(10)14/h5-6,9-10H,1-4,7H2. The number of ether oxygens (including phenoxy) is 1. The van der Waals surface area contributed by atoms with Crippen molar-refractivity contribution in [1.29, 1.82) is 0 Å². The second-order valence-corrected chi connectivity index (χ2v) is 6.61. The number of amides is 1. The smallest absolute Gasteiger partial charge is 0.257 e. The molecule has 2 saturated heterocycles. The molecule has 1 aromatic rings. The SMILES string of the molecule is O=C(c1coc(Br)c1)N1CCSC2COCCC21. The van der Waals surface area contributed by atoms with Crippen LogP contribution in [0.1, 0.15) is 16.8 Å². The summed E-state index contributed by atoms with van der Waals surface area (Å²) < 4.78 is 11.2. The minimum absolute atomic E-state index is 0.0710. The molecule has 4 nitrogen and oxygen atoms in total. The first-order valence-electron chi connectivity index (χ1n) is 6.00. The van der Waals surface area contributed by atoms with Crippen molar-refractivity contribution in [3.05, 3.63) is 22.6 Å². The van der Waals surface area contributed by atoms with Crippen LogP contribution in [0.2, 0.25) is 0 Å². The first-order valence-corrected chi connectivity index (χ1v) is 7.84. The molecular weight excluding hydrogens is 318 g/mol. The lowest BCUT2D eigenvalue weighted by atomic mass is 10.1. The van der Waals surface area contributed by atoms with Crippen LogP contribution in [-0.4, -0.2) is 47.6 Å². The van der Waals surface area contributed by atoms with Gasteiger partial charge in [0.1, 0.15) is 6.26 Å². The third kappa shape index (κ3) is 2.33. The van der Waals surface area contributed by atoms with Crippen LogP contribution >= 0.6 is 27.7 Å². The molecule has 3 rings (SSSR count). The van der Waals surface area contributed by atoms with Gasteiger partial charge in [-0.05, 0) is 22.4 Å². The van der Waals surface area contributed by atoms with E-state index in [-0.39, 0.29) is 5.91 Å². The fourth-order valence-corrected chi connectivity index (χ4v) is 4.17. The van der Waals surface area contributed by atoms with Gasteiger partial charge in [-0.25, -0.2) is 0 Å². The minimum Gasteiger partial charge on any atom is -0.457 e. The summed E-state index contributed by atoms with van der Waals surface area (Å²) in [5, 5.41) is 0.423. The van der Waals surface area contributed by atoms with Gasteiger partial charge in [-0.3, -0.25) is 4.79 Å². The van der Waals surface area contributed by atoms with Crippen LogP contribution < -0.4 is 0 Å². The zero-order chi connectivity index (χ0) is 12.5. The van der Waals surface area contributed by atoms with Gasteiger partial charge in [-0.1, -0.05) is 0 Å². The number of carbonyl (C=O) groups is 1. The third-order valence-electron chi connectivity index (χ3n) is 3.41. The Morgan fingerprint density at radius 2 is 2.44 bits per heavy atom. The number of halogens is 1. The van der Waals surface area contributed by atoms with Gasteiger partial charge >= 0.3 is 0 Å². The van der Waals surface area contributed by atoms with Crippen molar-refractivity contribution in [2.75, 3.05) is 25.5 Å². The fourth-order valence-electron chi connectivity index (χ4n) is 2.52. The lowest BCUT2D eigenvalue weighted by Gasteiger charge is -2.43. The summed E-state index contributed by atoms with van der Waals surface area (Å²) in [5.74, 6) is 1.05. The molecule has 0 saturated carbocycles. The number of hydrogen-bond acceptors (Lipinski definition) is 4. The highest BCUT2D eigenvalue weighted by molar-refractivity contribution is 9.10. The van der Waals surface area contributed by atoms with E-state index in [1.54, 1.807) is 6.07 Å². The summed E-state index contributed by atoms with van der Waals surface area (Å²) in [6.45, 7) is 2.32. The molecule has 2 atom stereocenters. The molecule has 1 aromatic heterocycles. The summed E-state index contributed by atoms with van der Waals surface area (Å²) in [4.78, 5) is 14.5. The Labute approximate surface area is 118 Å². The van der Waals surface area contributed by atoms with Gasteiger partial charge in [0.05, 0.1) is 12.2 Å². The highest BCUT2D eigenvalue weighted by Crippen LogP contribution is 2.31. The first-order chi connectivity index (χ1) is 8.75. The van der Waals surface area contributed by atoms with E-state index in [9.17, 15) is 4.79 Å². The van der Waals surface area contributed by atoms with Crippen molar-refractivity contribution in [2.24, 2.45) is 0 Å². The van der Waals surface area contributed by atoms with Crippen LogP contribution in [0.25, 0.3) is 0 Å². The van der Waals surface area contributed by atoms with Crippen LogP contribution in [0.3, 0.4) is 0 Å². The molecule has 2 fully saturated rings. The Morgan fingerprint density at radius 1 is 1.56 bits per heavy atom. The van der Waals surface area contributed by atoms with Crippen LogP contribution in [-0.2, 0) is 4.74 Å². The van der Waals surface area contributed by atoms with Crippen molar-refractivity contribution in [2.45, 2.75) is 17.7 Å². The van der Waals surface area contributed by atoms with Crippen LogP contribution in [0.15, 0.2) is 21.4 Å². The average molecular weight is 332 g/mol. The Kier molecular flexibility index (Phi) is 3.68. The second kappa shape index (κ2) is 5.27. The lowest BCUT2D eigenvalue weighted by molar-refractivity contribution is 0.0319. The van der Waals surface area contributed by atoms with Gasteiger partial charge < -0.3 is 14.1 Å². The molecule has 2 aliphatic heterocycles. The van der Waals surface area contributed by atoms with Gasteiger partial charge in [-0.2, -0.15) is 11.8 Å². The van der Waals surface area contributed by atoms with Crippen molar-refractivity contribution in [3.8, 4) is 0 Å². The molecular formula is C12H14BrNO3S. The Bertz CT molecular complexity index is 448. The van der Waals surface area contributed by atoms with Crippen LogP contribution in [0, 0.1) is 0 Å². The number of nitrogens with zero attached hydrogens (tertiary/aromatic N) is 1. The topological polar surface area (TPSA) is 42.7 Å². The van der Waals surface area contributed by atoms with Gasteiger partial charge in [0.2, 0.25) is 0 Å². The van der Waals surface area contributed by atoms with Gasteiger partial charge in [0.25, 0.3) is 5.91 Å². The van der Waals surface area contributed by atoms with E-state index < -0.39 is 0 Å². The largest absolute Gasteiger partial charge is 0.457 e. The van der Waals surface area contributed by atoms with E-state index in [1.807, 2.05) is 16.7 Å². The first kappa shape index (κ1) is 12.6. The van der Waals surface area contributed by atoms with E-state index >= 15 is 0 Å². The minimum atomic E-state index is 0.0710. The van der Waals surface area contributed by atoms with Gasteiger partial charge in [0.15, 0.2) is 4.67 Å². The van der Waals surface area contributed by atoms with Crippen LogP contribution in [0.4, 0.5) is 0 Å². The number of thioether (sulfide) groups is 1. The summed E-state index contributed by atoms with van der Waals surface area (Å²) in [6.07, 6.45) is 2.45. The van der Waals surface area contributed by atoms with Crippen molar-refractivity contribution < 1.29 is 13.9 Å². The zero-order valence-electron chi connectivity index (χ0n) is 9.80. The van der Waals surface area contributed by atoms with E-state index in [0.717, 1.165) is 31.9 Å². The Morgan fingerprint density at radius 3 is 3.22 bits per heavy atom. The van der Waals surface area contributed by atoms with E-state index in [2.05, 4.69) is 15.9 Å². The monoisotopic (exact) mass is 331 g/mol. The Hall–Kier alpha value is -0.460. The summed E-state index contributed by atoms with van der Waals surface area (Å²) in [6, 6.07) is 2.04. The van der Waals surface area contributed by atoms with Crippen molar-refractivity contribution in [1.82, 2.24) is 4.90 Å². The highest BCUT2D eigenvalue weighted by Gasteiger charge is 2.37. The van der Waals surface area contributed by atoms with E-state index in [4.69, 9.17) is 9.15 Å². The van der Waals surface area contributed by atoms with E-state index in [0.29, 0.717) is 21.5 Å². The molecule has 0 aliphatic carbocycles. The predicted molar refractivity (Wildman–Crippen MR) is 72.9 cm³/mol. The summed E-state index contributed by atoms with van der Waals surface area (Å²) in [7, 11) is 0. The molecule has 2 unspecified atom stereocenters. The van der Waals surface area contributed by atoms with Crippen molar-refractivity contribution >= 4 is 33.6 Å². The molecule has 6 heteroatoms. The molecule has 18 heavy (non-hydrogen) atoms. The molecule has 0 N–H and O–H groups in total. The molecule has 0 spiro atoms. The third-order valence-corrected chi connectivity index (χ3v) is 5.12. The summed E-state index contributed by atoms with van der Waals surface area (Å²) >= 11 is 5.15. The van der Waals surface area contributed by atoms with Crippen molar-refractivity contribution in [3.63, 3.8) is 0 Å². The molecule has 1 amide bonds.